The lowest BCUT2D eigenvalue weighted by Crippen LogP contribution is -2.36. The van der Waals surface area contributed by atoms with E-state index in [1.54, 1.807) is 32.9 Å². The summed E-state index contributed by atoms with van der Waals surface area (Å²) in [4.78, 5) is 13.3. The molecule has 1 saturated heterocycles. The Hall–Kier alpha value is -1.34. The Kier molecular flexibility index (Phi) is 4.97. The van der Waals surface area contributed by atoms with E-state index in [1.165, 1.54) is 11.0 Å². The highest BCUT2D eigenvalue weighted by molar-refractivity contribution is 9.10. The van der Waals surface area contributed by atoms with Crippen LogP contribution >= 0.6 is 15.9 Å². The second-order valence-electron chi connectivity index (χ2n) is 6.16. The van der Waals surface area contributed by atoms with Crippen molar-refractivity contribution in [3.8, 4) is 5.75 Å². The minimum absolute atomic E-state index is 0.0319. The molecule has 2 rings (SSSR count). The Labute approximate surface area is 137 Å². The lowest BCUT2D eigenvalue weighted by molar-refractivity contribution is 0.0268. The first-order valence-corrected chi connectivity index (χ1v) is 7.73. The highest BCUT2D eigenvalue weighted by Gasteiger charge is 2.38. The smallest absolute Gasteiger partial charge is 0.410 e. The highest BCUT2D eigenvalue weighted by atomic mass is 79.9. The highest BCUT2D eigenvalue weighted by Crippen LogP contribution is 2.27. The summed E-state index contributed by atoms with van der Waals surface area (Å²) in [6.45, 7) is 5.53. The average Bonchev–Trinajstić information content (AvgIpc) is 2.75. The Bertz CT molecular complexity index is 561. The molecule has 0 aromatic heterocycles. The van der Waals surface area contributed by atoms with Gasteiger partial charge in [0.1, 0.15) is 17.8 Å². The number of nitrogens with zero attached hydrogens (tertiary/aromatic N) is 1. The Balaban J connectivity index is 2.02. The molecule has 0 saturated carbocycles. The number of likely N-dealkylation sites (tertiary alicyclic amines) is 1. The van der Waals surface area contributed by atoms with Crippen LogP contribution in [0.1, 0.15) is 20.8 Å². The van der Waals surface area contributed by atoms with Crippen LogP contribution in [-0.2, 0) is 4.74 Å². The molecule has 7 heteroatoms. The van der Waals surface area contributed by atoms with Crippen LogP contribution < -0.4 is 4.74 Å². The van der Waals surface area contributed by atoms with E-state index in [-0.39, 0.29) is 23.3 Å². The lowest BCUT2D eigenvalue weighted by atomic mass is 10.2. The van der Waals surface area contributed by atoms with Crippen molar-refractivity contribution in [2.24, 2.45) is 0 Å². The maximum absolute atomic E-state index is 13.9. The summed E-state index contributed by atoms with van der Waals surface area (Å²) in [6, 6.07) is 4.67. The molecule has 122 valence electrons. The van der Waals surface area contributed by atoms with Crippen LogP contribution in [0.4, 0.5) is 9.18 Å². The molecule has 0 aliphatic carbocycles. The van der Waals surface area contributed by atoms with E-state index >= 15 is 0 Å². The van der Waals surface area contributed by atoms with Crippen molar-refractivity contribution >= 4 is 22.0 Å². The molecule has 0 radical (unpaired) electrons. The van der Waals surface area contributed by atoms with Crippen LogP contribution in [-0.4, -0.2) is 47.0 Å². The van der Waals surface area contributed by atoms with Gasteiger partial charge in [0.05, 0.1) is 17.6 Å². The number of aliphatic hydroxyl groups is 1. The molecular formula is C15H19BrFNO4. The molecule has 1 heterocycles. The fourth-order valence-electron chi connectivity index (χ4n) is 2.09. The number of rotatable bonds is 2. The van der Waals surface area contributed by atoms with Crippen molar-refractivity contribution in [2.45, 2.75) is 38.6 Å². The fraction of sp³-hybridized carbons (Fsp3) is 0.533. The first-order chi connectivity index (χ1) is 10.2. The molecule has 5 nitrogen and oxygen atoms in total. The van der Waals surface area contributed by atoms with E-state index in [2.05, 4.69) is 15.9 Å². The number of hydrogen-bond donors (Lipinski definition) is 1. The predicted octanol–water partition coefficient (Wildman–Crippen LogP) is 2.95. The lowest BCUT2D eigenvalue weighted by Gasteiger charge is -2.24. The maximum Gasteiger partial charge on any atom is 0.410 e. The third kappa shape index (κ3) is 4.10. The van der Waals surface area contributed by atoms with Crippen LogP contribution in [0.15, 0.2) is 22.7 Å². The average molecular weight is 376 g/mol. The number of hydrogen-bond acceptors (Lipinski definition) is 4. The molecule has 2 atom stereocenters. The molecular weight excluding hydrogens is 357 g/mol. The van der Waals surface area contributed by atoms with Gasteiger partial charge in [-0.15, -0.1) is 0 Å². The van der Waals surface area contributed by atoms with Crippen LogP contribution in [0.25, 0.3) is 0 Å². The number of β-amino-alcohol motifs (C(OH)–C–C–N with tert-alkyl or cyclic N) is 1. The summed E-state index contributed by atoms with van der Waals surface area (Å²) in [7, 11) is 0. The summed E-state index contributed by atoms with van der Waals surface area (Å²) in [5.41, 5.74) is -0.614. The van der Waals surface area contributed by atoms with Gasteiger partial charge in [0.15, 0.2) is 11.6 Å². The van der Waals surface area contributed by atoms with Crippen molar-refractivity contribution in [1.82, 2.24) is 4.90 Å². The van der Waals surface area contributed by atoms with E-state index in [0.717, 1.165) is 0 Å². The van der Waals surface area contributed by atoms with Gasteiger partial charge < -0.3 is 19.5 Å². The predicted molar refractivity (Wildman–Crippen MR) is 82.3 cm³/mol. The molecule has 1 aromatic carbocycles. The first kappa shape index (κ1) is 17.0. The Morgan fingerprint density at radius 3 is 2.73 bits per heavy atom. The van der Waals surface area contributed by atoms with Crippen LogP contribution in [0, 0.1) is 5.82 Å². The summed E-state index contributed by atoms with van der Waals surface area (Å²) in [6.07, 6.45) is -2.12. The topological polar surface area (TPSA) is 59.0 Å². The van der Waals surface area contributed by atoms with E-state index < -0.39 is 29.7 Å². The van der Waals surface area contributed by atoms with Crippen LogP contribution in [0.3, 0.4) is 0 Å². The van der Waals surface area contributed by atoms with E-state index in [9.17, 15) is 14.3 Å². The van der Waals surface area contributed by atoms with Gasteiger partial charge in [-0.1, -0.05) is 6.07 Å². The summed E-state index contributed by atoms with van der Waals surface area (Å²) < 4.78 is 24.9. The Morgan fingerprint density at radius 2 is 2.09 bits per heavy atom. The molecule has 2 unspecified atom stereocenters. The second kappa shape index (κ2) is 6.42. The quantitative estimate of drug-likeness (QED) is 0.863. The largest absolute Gasteiger partial charge is 0.483 e. The number of carbonyl (C=O) groups excluding carboxylic acids is 1. The molecule has 22 heavy (non-hydrogen) atoms. The van der Waals surface area contributed by atoms with Gasteiger partial charge in [0.2, 0.25) is 0 Å². The monoisotopic (exact) mass is 375 g/mol. The summed E-state index contributed by atoms with van der Waals surface area (Å²) in [5, 5.41) is 10.0. The van der Waals surface area contributed by atoms with Crippen molar-refractivity contribution < 1.29 is 23.8 Å². The van der Waals surface area contributed by atoms with Gasteiger partial charge in [-0.3, -0.25) is 0 Å². The molecule has 1 aliphatic rings. The molecule has 1 aromatic rings. The van der Waals surface area contributed by atoms with Gasteiger partial charge in [-0.05, 0) is 48.8 Å². The van der Waals surface area contributed by atoms with Gasteiger partial charge in [-0.25, -0.2) is 9.18 Å². The summed E-state index contributed by atoms with van der Waals surface area (Å²) in [5.74, 6) is -0.505. The van der Waals surface area contributed by atoms with Crippen molar-refractivity contribution in [1.29, 1.82) is 0 Å². The molecule has 1 aliphatic heterocycles. The minimum atomic E-state index is -0.897. The van der Waals surface area contributed by atoms with Gasteiger partial charge >= 0.3 is 6.09 Å². The molecule has 0 spiro atoms. The SMILES string of the molecule is CC(C)(C)OC(=O)N1CC(O)C(Oc2cccc(Br)c2F)C1. The van der Waals surface area contributed by atoms with Crippen LogP contribution in [0.2, 0.25) is 0 Å². The fourth-order valence-corrected chi connectivity index (χ4v) is 2.43. The maximum atomic E-state index is 13.9. The first-order valence-electron chi connectivity index (χ1n) is 6.94. The van der Waals surface area contributed by atoms with E-state index in [0.29, 0.717) is 0 Å². The third-order valence-corrected chi connectivity index (χ3v) is 3.70. The number of benzene rings is 1. The molecule has 1 fully saturated rings. The number of carbonyl (C=O) groups is 1. The van der Waals surface area contributed by atoms with Gasteiger partial charge in [0, 0.05) is 0 Å². The summed E-state index contributed by atoms with van der Waals surface area (Å²) >= 11 is 3.08. The van der Waals surface area contributed by atoms with Crippen molar-refractivity contribution in [3.63, 3.8) is 0 Å². The van der Waals surface area contributed by atoms with E-state index in [1.807, 2.05) is 0 Å². The number of ether oxygens (including phenoxy) is 2. The van der Waals surface area contributed by atoms with Crippen molar-refractivity contribution in [2.75, 3.05) is 13.1 Å². The molecule has 1 N–H and O–H groups in total. The number of aliphatic hydroxyl groups excluding tert-OH is 1. The zero-order chi connectivity index (χ0) is 16.5. The van der Waals surface area contributed by atoms with Crippen molar-refractivity contribution in [3.05, 3.63) is 28.5 Å². The van der Waals surface area contributed by atoms with Crippen LogP contribution in [0.5, 0.6) is 5.75 Å². The molecule has 0 bridgehead atoms. The standard InChI is InChI=1S/C15H19BrFNO4/c1-15(2,3)22-14(20)18-7-10(19)12(8-18)21-11-6-4-5-9(16)13(11)17/h4-6,10,12,19H,7-8H2,1-3H3. The number of amides is 1. The van der Waals surface area contributed by atoms with Gasteiger partial charge in [0.25, 0.3) is 0 Å². The third-order valence-electron chi connectivity index (χ3n) is 3.08. The Morgan fingerprint density at radius 1 is 1.41 bits per heavy atom. The number of halogens is 2. The zero-order valence-corrected chi connectivity index (χ0v) is 14.3. The zero-order valence-electron chi connectivity index (χ0n) is 12.7. The second-order valence-corrected chi connectivity index (χ2v) is 7.02. The van der Waals surface area contributed by atoms with E-state index in [4.69, 9.17) is 9.47 Å². The van der Waals surface area contributed by atoms with Gasteiger partial charge in [-0.2, -0.15) is 0 Å². The minimum Gasteiger partial charge on any atom is -0.483 e. The molecule has 1 amide bonds. The normalized spacial score (nSPS) is 21.8.